The standard InChI is InChI=1S/C27H30F5N3O4S/c1-4-18-7-8-35(16-18)23-14-19(28)13-22(25(23)29)33-9-11-34(12-10-33)26(36)21-15-20(40(3,37)38)5-6-24(21)39-17(2)27(30,31)32/h5-8,13-15,17-18H,4,9-12,16H2,1-3H3. The van der Waals surface area contributed by atoms with Crippen molar-refractivity contribution in [3.63, 3.8) is 0 Å². The highest BCUT2D eigenvalue weighted by Gasteiger charge is 2.39. The lowest BCUT2D eigenvalue weighted by Gasteiger charge is -2.37. The van der Waals surface area contributed by atoms with Crippen LogP contribution in [0.5, 0.6) is 5.75 Å². The highest BCUT2D eigenvalue weighted by atomic mass is 32.2. The van der Waals surface area contributed by atoms with Crippen LogP contribution in [0.15, 0.2) is 47.5 Å². The van der Waals surface area contributed by atoms with Gasteiger partial charge in [-0.1, -0.05) is 13.0 Å². The average Bonchev–Trinajstić information content (AvgIpc) is 3.38. The van der Waals surface area contributed by atoms with Gasteiger partial charge < -0.3 is 19.4 Å². The number of carbonyl (C=O) groups excluding carboxylic acids is 1. The van der Waals surface area contributed by atoms with Gasteiger partial charge in [-0.25, -0.2) is 17.2 Å². The Morgan fingerprint density at radius 1 is 1.07 bits per heavy atom. The van der Waals surface area contributed by atoms with Crippen LogP contribution in [0.2, 0.25) is 0 Å². The topological polar surface area (TPSA) is 70.2 Å². The maximum Gasteiger partial charge on any atom is 0.425 e. The molecule has 0 aromatic heterocycles. The van der Waals surface area contributed by atoms with Crippen LogP contribution in [0, 0.1) is 17.6 Å². The number of ether oxygens (including phenoxy) is 1. The molecule has 7 nitrogen and oxygen atoms in total. The van der Waals surface area contributed by atoms with E-state index in [9.17, 15) is 30.8 Å². The number of benzene rings is 2. The molecular formula is C27H30F5N3O4S. The van der Waals surface area contributed by atoms with Crippen LogP contribution in [0.25, 0.3) is 0 Å². The molecule has 0 saturated carbocycles. The fraction of sp³-hybridized carbons (Fsp3) is 0.444. The number of rotatable bonds is 7. The smallest absolute Gasteiger partial charge is 0.425 e. The zero-order valence-corrected chi connectivity index (χ0v) is 23.0. The number of piperazine rings is 1. The van der Waals surface area contributed by atoms with Gasteiger partial charge in [0.15, 0.2) is 21.8 Å². The Morgan fingerprint density at radius 2 is 1.73 bits per heavy atom. The number of anilines is 2. The van der Waals surface area contributed by atoms with E-state index in [0.29, 0.717) is 6.54 Å². The number of hydrogen-bond donors (Lipinski definition) is 0. The van der Waals surface area contributed by atoms with Crippen LogP contribution in [0.1, 0.15) is 30.6 Å². The molecule has 4 rings (SSSR count). The summed E-state index contributed by atoms with van der Waals surface area (Å²) >= 11 is 0. The minimum atomic E-state index is -4.71. The summed E-state index contributed by atoms with van der Waals surface area (Å²) in [5.74, 6) is -2.12. The van der Waals surface area contributed by atoms with Crippen molar-refractivity contribution >= 4 is 27.1 Å². The van der Waals surface area contributed by atoms with Gasteiger partial charge in [-0.3, -0.25) is 4.79 Å². The first-order chi connectivity index (χ1) is 18.7. The zero-order chi connectivity index (χ0) is 29.4. The Balaban J connectivity index is 1.55. The van der Waals surface area contributed by atoms with Crippen LogP contribution < -0.4 is 14.5 Å². The van der Waals surface area contributed by atoms with E-state index in [1.54, 1.807) is 16.0 Å². The molecule has 0 N–H and O–H groups in total. The van der Waals surface area contributed by atoms with E-state index in [4.69, 9.17) is 4.74 Å². The van der Waals surface area contributed by atoms with Crippen LogP contribution in [0.4, 0.5) is 33.3 Å². The van der Waals surface area contributed by atoms with Gasteiger partial charge >= 0.3 is 6.18 Å². The van der Waals surface area contributed by atoms with Crippen molar-refractivity contribution in [1.29, 1.82) is 0 Å². The lowest BCUT2D eigenvalue weighted by Crippen LogP contribution is -2.49. The van der Waals surface area contributed by atoms with E-state index >= 15 is 4.39 Å². The number of nitrogens with zero attached hydrogens (tertiary/aromatic N) is 3. The molecule has 1 fully saturated rings. The number of carbonyl (C=O) groups is 1. The zero-order valence-electron chi connectivity index (χ0n) is 22.2. The van der Waals surface area contributed by atoms with E-state index < -0.39 is 45.4 Å². The molecule has 2 aliphatic heterocycles. The predicted molar refractivity (Wildman–Crippen MR) is 140 cm³/mol. The fourth-order valence-electron chi connectivity index (χ4n) is 4.63. The van der Waals surface area contributed by atoms with E-state index in [2.05, 4.69) is 0 Å². The van der Waals surface area contributed by atoms with Gasteiger partial charge in [-0.2, -0.15) is 13.2 Å². The number of amides is 1. The third-order valence-electron chi connectivity index (χ3n) is 7.08. The molecule has 218 valence electrons. The molecule has 1 amide bonds. The van der Waals surface area contributed by atoms with Crippen LogP contribution in [-0.4, -0.2) is 70.5 Å². The van der Waals surface area contributed by atoms with Crippen molar-refractivity contribution in [3.05, 3.63) is 59.8 Å². The van der Waals surface area contributed by atoms with E-state index in [-0.39, 0.29) is 53.9 Å². The summed E-state index contributed by atoms with van der Waals surface area (Å²) in [7, 11) is -3.78. The van der Waals surface area contributed by atoms with Gasteiger partial charge in [0.2, 0.25) is 0 Å². The van der Waals surface area contributed by atoms with Crippen LogP contribution in [-0.2, 0) is 9.84 Å². The number of sulfone groups is 1. The fourth-order valence-corrected chi connectivity index (χ4v) is 5.28. The number of alkyl halides is 3. The molecule has 1 saturated heterocycles. The molecule has 40 heavy (non-hydrogen) atoms. The Labute approximate surface area is 229 Å². The molecule has 0 radical (unpaired) electrons. The predicted octanol–water partition coefficient (Wildman–Crippen LogP) is 5.02. The van der Waals surface area contributed by atoms with E-state index in [0.717, 1.165) is 49.9 Å². The molecule has 0 bridgehead atoms. The minimum Gasteiger partial charge on any atom is -0.480 e. The molecule has 2 heterocycles. The molecule has 0 aliphatic carbocycles. The Bertz CT molecular complexity index is 1410. The van der Waals surface area contributed by atoms with Gasteiger partial charge in [0.25, 0.3) is 5.91 Å². The van der Waals surface area contributed by atoms with Crippen molar-refractivity contribution in [1.82, 2.24) is 4.90 Å². The van der Waals surface area contributed by atoms with Crippen molar-refractivity contribution in [2.24, 2.45) is 5.92 Å². The SMILES string of the molecule is CCC1C=CN(c2cc(F)cc(N3CCN(C(=O)c4cc(S(C)(=O)=O)ccc4OC(C)C(F)(F)F)CC3)c2F)C1. The molecule has 2 aromatic rings. The maximum absolute atomic E-state index is 15.5. The normalized spacial score (nSPS) is 18.8. The van der Waals surface area contributed by atoms with Crippen LogP contribution in [0.3, 0.4) is 0 Å². The summed E-state index contributed by atoms with van der Waals surface area (Å²) < 4.78 is 98.6. The molecule has 2 atom stereocenters. The van der Waals surface area contributed by atoms with Gasteiger partial charge in [0.1, 0.15) is 11.6 Å². The third-order valence-corrected chi connectivity index (χ3v) is 8.19. The summed E-state index contributed by atoms with van der Waals surface area (Å²) in [6, 6.07) is 5.33. The average molecular weight is 588 g/mol. The lowest BCUT2D eigenvalue weighted by atomic mass is 10.1. The van der Waals surface area contributed by atoms with E-state index in [1.165, 1.54) is 4.90 Å². The molecule has 2 aliphatic rings. The second-order valence-corrected chi connectivity index (χ2v) is 11.9. The lowest BCUT2D eigenvalue weighted by molar-refractivity contribution is -0.189. The van der Waals surface area contributed by atoms with Crippen molar-refractivity contribution in [2.75, 3.05) is 48.8 Å². The molecule has 0 spiro atoms. The quantitative estimate of drug-likeness (QED) is 0.424. The summed E-state index contributed by atoms with van der Waals surface area (Å²) in [5.41, 5.74) is -0.186. The Morgan fingerprint density at radius 3 is 2.30 bits per heavy atom. The molecule has 2 aromatic carbocycles. The Hall–Kier alpha value is -3.35. The highest BCUT2D eigenvalue weighted by molar-refractivity contribution is 7.90. The third kappa shape index (κ3) is 6.34. The maximum atomic E-state index is 15.5. The second kappa shape index (κ2) is 11.3. The Kier molecular flexibility index (Phi) is 8.34. The number of halogens is 5. The first-order valence-electron chi connectivity index (χ1n) is 12.7. The van der Waals surface area contributed by atoms with Gasteiger partial charge in [0.05, 0.1) is 21.8 Å². The number of hydrogen-bond acceptors (Lipinski definition) is 6. The first-order valence-corrected chi connectivity index (χ1v) is 14.6. The van der Waals surface area contributed by atoms with Crippen molar-refractivity contribution in [2.45, 2.75) is 37.4 Å². The summed E-state index contributed by atoms with van der Waals surface area (Å²) in [6.07, 6.45) is -1.50. The second-order valence-electron chi connectivity index (χ2n) is 9.93. The summed E-state index contributed by atoms with van der Waals surface area (Å²) in [6.45, 7) is 3.60. The van der Waals surface area contributed by atoms with Crippen molar-refractivity contribution < 1.29 is 39.9 Å². The van der Waals surface area contributed by atoms with E-state index in [1.807, 2.05) is 13.0 Å². The summed E-state index contributed by atoms with van der Waals surface area (Å²) in [5, 5.41) is 0. The van der Waals surface area contributed by atoms with Gasteiger partial charge in [-0.15, -0.1) is 0 Å². The van der Waals surface area contributed by atoms with Crippen molar-refractivity contribution in [3.8, 4) is 5.75 Å². The monoisotopic (exact) mass is 587 g/mol. The van der Waals surface area contributed by atoms with Crippen LogP contribution >= 0.6 is 0 Å². The van der Waals surface area contributed by atoms with Gasteiger partial charge in [-0.05, 0) is 37.5 Å². The molecule has 2 unspecified atom stereocenters. The summed E-state index contributed by atoms with van der Waals surface area (Å²) in [4.78, 5) is 17.7. The molecule has 13 heteroatoms. The highest BCUT2D eigenvalue weighted by Crippen LogP contribution is 2.34. The largest absolute Gasteiger partial charge is 0.480 e. The minimum absolute atomic E-state index is 0.0308. The molecular weight excluding hydrogens is 557 g/mol. The first kappa shape index (κ1) is 29.6. The van der Waals surface area contributed by atoms with Gasteiger partial charge in [0, 0.05) is 57.3 Å².